The van der Waals surface area contributed by atoms with Crippen LogP contribution >= 0.6 is 15.9 Å². The van der Waals surface area contributed by atoms with E-state index in [9.17, 15) is 0 Å². The summed E-state index contributed by atoms with van der Waals surface area (Å²) in [7, 11) is 0. The lowest BCUT2D eigenvalue weighted by atomic mass is 10.0. The molecule has 20 heavy (non-hydrogen) atoms. The van der Waals surface area contributed by atoms with E-state index in [2.05, 4.69) is 75.2 Å². The van der Waals surface area contributed by atoms with Gasteiger partial charge in [0.2, 0.25) is 0 Å². The SMILES string of the molecule is CCCn1ncc(Br)c1C(Cc1ccccc1)NCC. The highest BCUT2D eigenvalue weighted by Crippen LogP contribution is 2.26. The number of nitrogens with one attached hydrogen (secondary N) is 1. The van der Waals surface area contributed by atoms with E-state index in [0.717, 1.165) is 30.4 Å². The molecule has 1 N–H and O–H groups in total. The average molecular weight is 336 g/mol. The highest BCUT2D eigenvalue weighted by atomic mass is 79.9. The molecule has 0 saturated carbocycles. The second kappa shape index (κ2) is 7.60. The maximum Gasteiger partial charge on any atom is 0.0699 e. The third-order valence-electron chi connectivity index (χ3n) is 3.33. The van der Waals surface area contributed by atoms with E-state index in [1.807, 2.05) is 6.20 Å². The molecule has 2 rings (SSSR count). The van der Waals surface area contributed by atoms with Gasteiger partial charge in [-0.15, -0.1) is 0 Å². The molecule has 0 saturated heterocycles. The number of likely N-dealkylation sites (N-methyl/N-ethyl adjacent to an activating group) is 1. The monoisotopic (exact) mass is 335 g/mol. The fourth-order valence-electron chi connectivity index (χ4n) is 2.47. The van der Waals surface area contributed by atoms with Gasteiger partial charge < -0.3 is 5.32 Å². The minimum atomic E-state index is 0.283. The smallest absolute Gasteiger partial charge is 0.0699 e. The molecule has 1 aromatic carbocycles. The van der Waals surface area contributed by atoms with Gasteiger partial charge in [-0.2, -0.15) is 5.10 Å². The standard InChI is InChI=1S/C16H22BrN3/c1-3-10-20-16(14(17)12-19-20)15(18-4-2)11-13-8-6-5-7-9-13/h5-9,12,15,18H,3-4,10-11H2,1-2H3. The van der Waals surface area contributed by atoms with Crippen LogP contribution in [-0.2, 0) is 13.0 Å². The number of benzene rings is 1. The fraction of sp³-hybridized carbons (Fsp3) is 0.438. The number of hydrogen-bond donors (Lipinski definition) is 1. The van der Waals surface area contributed by atoms with Crippen molar-refractivity contribution in [3.05, 3.63) is 52.3 Å². The van der Waals surface area contributed by atoms with Crippen LogP contribution in [0.5, 0.6) is 0 Å². The molecule has 0 amide bonds. The van der Waals surface area contributed by atoms with Crippen molar-refractivity contribution in [1.82, 2.24) is 15.1 Å². The molecule has 1 heterocycles. The number of halogens is 1. The first-order chi connectivity index (χ1) is 9.76. The van der Waals surface area contributed by atoms with E-state index in [1.165, 1.54) is 11.3 Å². The van der Waals surface area contributed by atoms with Crippen LogP contribution in [-0.4, -0.2) is 16.3 Å². The molecule has 0 spiro atoms. The van der Waals surface area contributed by atoms with Gasteiger partial charge in [-0.05, 0) is 40.9 Å². The van der Waals surface area contributed by atoms with Crippen LogP contribution in [0, 0.1) is 0 Å². The zero-order valence-electron chi connectivity index (χ0n) is 12.1. The highest BCUT2D eigenvalue weighted by molar-refractivity contribution is 9.10. The minimum Gasteiger partial charge on any atom is -0.309 e. The van der Waals surface area contributed by atoms with Gasteiger partial charge in [0.15, 0.2) is 0 Å². The average Bonchev–Trinajstić information content (AvgIpc) is 2.81. The Morgan fingerprint density at radius 1 is 1.25 bits per heavy atom. The lowest BCUT2D eigenvalue weighted by molar-refractivity contribution is 0.476. The largest absolute Gasteiger partial charge is 0.309 e. The molecule has 0 radical (unpaired) electrons. The quantitative estimate of drug-likeness (QED) is 0.830. The molecule has 1 aromatic heterocycles. The van der Waals surface area contributed by atoms with Gasteiger partial charge in [0.05, 0.1) is 22.4 Å². The van der Waals surface area contributed by atoms with Crippen LogP contribution in [0.2, 0.25) is 0 Å². The van der Waals surface area contributed by atoms with Crippen LogP contribution in [0.4, 0.5) is 0 Å². The number of hydrogen-bond acceptors (Lipinski definition) is 2. The molecule has 3 nitrogen and oxygen atoms in total. The predicted octanol–water partition coefficient (Wildman–Crippen LogP) is 3.95. The summed E-state index contributed by atoms with van der Waals surface area (Å²) in [5, 5.41) is 8.06. The first-order valence-electron chi connectivity index (χ1n) is 7.24. The molecular weight excluding hydrogens is 314 g/mol. The number of aromatic nitrogens is 2. The van der Waals surface area contributed by atoms with Gasteiger partial charge >= 0.3 is 0 Å². The zero-order valence-corrected chi connectivity index (χ0v) is 13.7. The van der Waals surface area contributed by atoms with Crippen LogP contribution in [0.25, 0.3) is 0 Å². The van der Waals surface area contributed by atoms with Crippen molar-refractivity contribution >= 4 is 15.9 Å². The maximum absolute atomic E-state index is 4.48. The van der Waals surface area contributed by atoms with Crippen molar-refractivity contribution in [2.75, 3.05) is 6.54 Å². The summed E-state index contributed by atoms with van der Waals surface area (Å²) < 4.78 is 3.20. The van der Waals surface area contributed by atoms with Gasteiger partial charge in [0, 0.05) is 6.54 Å². The third kappa shape index (κ3) is 3.70. The lowest BCUT2D eigenvalue weighted by Crippen LogP contribution is -2.26. The summed E-state index contributed by atoms with van der Waals surface area (Å²) in [5.41, 5.74) is 2.59. The highest BCUT2D eigenvalue weighted by Gasteiger charge is 2.19. The Morgan fingerprint density at radius 3 is 2.65 bits per heavy atom. The fourth-order valence-corrected chi connectivity index (χ4v) is 3.04. The molecule has 1 unspecified atom stereocenters. The lowest BCUT2D eigenvalue weighted by Gasteiger charge is -2.20. The van der Waals surface area contributed by atoms with E-state index in [4.69, 9.17) is 0 Å². The van der Waals surface area contributed by atoms with E-state index >= 15 is 0 Å². The Balaban J connectivity index is 2.26. The summed E-state index contributed by atoms with van der Waals surface area (Å²) in [4.78, 5) is 0. The molecule has 0 aliphatic rings. The molecule has 1 atom stereocenters. The van der Waals surface area contributed by atoms with Crippen LogP contribution in [0.15, 0.2) is 41.0 Å². The molecular formula is C16H22BrN3. The second-order valence-electron chi connectivity index (χ2n) is 4.90. The van der Waals surface area contributed by atoms with Crippen molar-refractivity contribution in [2.24, 2.45) is 0 Å². The summed E-state index contributed by atoms with van der Waals surface area (Å²) in [6.07, 6.45) is 3.97. The zero-order chi connectivity index (χ0) is 14.4. The Hall–Kier alpha value is -1.13. The first-order valence-corrected chi connectivity index (χ1v) is 8.04. The molecule has 0 bridgehead atoms. The molecule has 0 aliphatic carbocycles. The summed E-state index contributed by atoms with van der Waals surface area (Å²) in [5.74, 6) is 0. The van der Waals surface area contributed by atoms with Crippen LogP contribution in [0.3, 0.4) is 0 Å². The first kappa shape index (κ1) is 15.3. The minimum absolute atomic E-state index is 0.283. The van der Waals surface area contributed by atoms with Crippen molar-refractivity contribution in [3.63, 3.8) is 0 Å². The van der Waals surface area contributed by atoms with Crippen molar-refractivity contribution < 1.29 is 0 Å². The van der Waals surface area contributed by atoms with Crippen molar-refractivity contribution in [2.45, 2.75) is 39.3 Å². The maximum atomic E-state index is 4.48. The van der Waals surface area contributed by atoms with E-state index in [1.54, 1.807) is 0 Å². The Morgan fingerprint density at radius 2 is 2.00 bits per heavy atom. The van der Waals surface area contributed by atoms with Gasteiger partial charge in [0.25, 0.3) is 0 Å². The Labute approximate surface area is 129 Å². The van der Waals surface area contributed by atoms with Gasteiger partial charge in [-0.1, -0.05) is 44.2 Å². The summed E-state index contributed by atoms with van der Waals surface area (Å²) >= 11 is 3.65. The molecule has 108 valence electrons. The predicted molar refractivity (Wildman–Crippen MR) is 86.8 cm³/mol. The van der Waals surface area contributed by atoms with Crippen molar-refractivity contribution in [3.8, 4) is 0 Å². The van der Waals surface area contributed by atoms with E-state index in [0.29, 0.717) is 0 Å². The van der Waals surface area contributed by atoms with Crippen molar-refractivity contribution in [1.29, 1.82) is 0 Å². The van der Waals surface area contributed by atoms with Crippen LogP contribution < -0.4 is 5.32 Å². The van der Waals surface area contributed by atoms with Gasteiger partial charge in [-0.25, -0.2) is 0 Å². The molecule has 0 fully saturated rings. The topological polar surface area (TPSA) is 29.9 Å². The molecule has 0 aliphatic heterocycles. The third-order valence-corrected chi connectivity index (χ3v) is 3.94. The number of rotatable bonds is 7. The van der Waals surface area contributed by atoms with Gasteiger partial charge in [-0.3, -0.25) is 4.68 Å². The van der Waals surface area contributed by atoms with Crippen LogP contribution in [0.1, 0.15) is 37.6 Å². The Kier molecular flexibility index (Phi) is 5.80. The molecule has 4 heteroatoms. The van der Waals surface area contributed by atoms with Gasteiger partial charge in [0.1, 0.15) is 0 Å². The normalized spacial score (nSPS) is 12.6. The number of aryl methyl sites for hydroxylation is 1. The van der Waals surface area contributed by atoms with E-state index in [-0.39, 0.29) is 6.04 Å². The Bertz CT molecular complexity index is 522. The molecule has 2 aromatic rings. The summed E-state index contributed by atoms with van der Waals surface area (Å²) in [6.45, 7) is 6.23. The summed E-state index contributed by atoms with van der Waals surface area (Å²) in [6, 6.07) is 10.9. The second-order valence-corrected chi connectivity index (χ2v) is 5.76. The van der Waals surface area contributed by atoms with E-state index < -0.39 is 0 Å². The number of nitrogens with zero attached hydrogens (tertiary/aromatic N) is 2.